The molecule has 1 aliphatic carbocycles. The van der Waals surface area contributed by atoms with Gasteiger partial charge in [0, 0.05) is 12.0 Å². The second kappa shape index (κ2) is 8.76. The van der Waals surface area contributed by atoms with E-state index >= 15 is 0 Å². The van der Waals surface area contributed by atoms with Crippen molar-refractivity contribution in [3.8, 4) is 11.5 Å². The Labute approximate surface area is 156 Å². The van der Waals surface area contributed by atoms with E-state index in [0.717, 1.165) is 43.7 Å². The summed E-state index contributed by atoms with van der Waals surface area (Å²) in [4.78, 5) is 12.6. The van der Waals surface area contributed by atoms with Gasteiger partial charge < -0.3 is 20.1 Å². The van der Waals surface area contributed by atoms with Crippen LogP contribution >= 0.6 is 0 Å². The van der Waals surface area contributed by atoms with E-state index in [2.05, 4.69) is 22.8 Å². The maximum absolute atomic E-state index is 12.6. The first-order valence-corrected chi connectivity index (χ1v) is 9.92. The highest BCUT2D eigenvalue weighted by atomic mass is 16.5. The fourth-order valence-electron chi connectivity index (χ4n) is 4.42. The van der Waals surface area contributed by atoms with E-state index in [0.29, 0.717) is 6.54 Å². The van der Waals surface area contributed by atoms with Crippen LogP contribution in [-0.2, 0) is 10.2 Å². The fourth-order valence-corrected chi connectivity index (χ4v) is 4.42. The molecule has 26 heavy (non-hydrogen) atoms. The number of rotatable bonds is 6. The number of hydrogen-bond donors (Lipinski definition) is 2. The summed E-state index contributed by atoms with van der Waals surface area (Å²) < 4.78 is 10.9. The number of hydrogen-bond acceptors (Lipinski definition) is 4. The summed E-state index contributed by atoms with van der Waals surface area (Å²) in [6.07, 6.45) is 9.10. The highest BCUT2D eigenvalue weighted by Crippen LogP contribution is 2.42. The van der Waals surface area contributed by atoms with Gasteiger partial charge in [-0.2, -0.15) is 0 Å². The van der Waals surface area contributed by atoms with Crippen LogP contribution in [0.15, 0.2) is 18.2 Å². The Balaban J connectivity index is 1.77. The summed E-state index contributed by atoms with van der Waals surface area (Å²) in [5.74, 6) is 1.66. The van der Waals surface area contributed by atoms with Gasteiger partial charge in [0.25, 0.3) is 0 Å². The Kier molecular flexibility index (Phi) is 6.41. The molecule has 5 nitrogen and oxygen atoms in total. The predicted molar refractivity (Wildman–Crippen MR) is 103 cm³/mol. The maximum atomic E-state index is 12.6. The van der Waals surface area contributed by atoms with Crippen molar-refractivity contribution in [1.82, 2.24) is 10.6 Å². The number of benzene rings is 1. The van der Waals surface area contributed by atoms with Crippen molar-refractivity contribution in [3.63, 3.8) is 0 Å². The molecule has 5 heteroatoms. The number of methoxy groups -OCH3 is 2. The summed E-state index contributed by atoms with van der Waals surface area (Å²) in [5.41, 5.74) is 1.23. The first-order chi connectivity index (χ1) is 12.7. The van der Waals surface area contributed by atoms with E-state index in [1.165, 1.54) is 31.2 Å². The fraction of sp³-hybridized carbons (Fsp3) is 0.667. The van der Waals surface area contributed by atoms with Crippen molar-refractivity contribution in [2.45, 2.75) is 62.8 Å². The zero-order chi connectivity index (χ0) is 18.4. The molecule has 1 unspecified atom stereocenters. The lowest BCUT2D eigenvalue weighted by Gasteiger charge is -2.39. The average Bonchev–Trinajstić information content (AvgIpc) is 2.72. The molecule has 2 aliphatic rings. The quantitative estimate of drug-likeness (QED) is 0.818. The minimum absolute atomic E-state index is 0.0118. The van der Waals surface area contributed by atoms with Crippen molar-refractivity contribution in [3.05, 3.63) is 23.8 Å². The first kappa shape index (κ1) is 19.0. The normalized spacial score (nSPS) is 22.5. The largest absolute Gasteiger partial charge is 0.493 e. The third kappa shape index (κ3) is 4.14. The Hall–Kier alpha value is -1.75. The number of piperidine rings is 1. The monoisotopic (exact) mass is 360 g/mol. The van der Waals surface area contributed by atoms with Crippen molar-refractivity contribution in [2.24, 2.45) is 0 Å². The molecule has 1 heterocycles. The SMILES string of the molecule is COc1ccc(C2(CNC(=O)C3CCCCN3)CCCCC2)cc1OC. The molecule has 144 valence electrons. The summed E-state index contributed by atoms with van der Waals surface area (Å²) in [6, 6.07) is 6.18. The smallest absolute Gasteiger partial charge is 0.237 e. The number of carbonyl (C=O) groups is 1. The van der Waals surface area contributed by atoms with Crippen molar-refractivity contribution < 1.29 is 14.3 Å². The van der Waals surface area contributed by atoms with E-state index in [1.807, 2.05) is 6.07 Å². The Bertz CT molecular complexity index is 605. The molecular weight excluding hydrogens is 328 g/mol. The second-order valence-corrected chi connectivity index (χ2v) is 7.63. The van der Waals surface area contributed by atoms with Gasteiger partial charge in [-0.25, -0.2) is 0 Å². The van der Waals surface area contributed by atoms with Gasteiger partial charge in [0.05, 0.1) is 20.3 Å². The van der Waals surface area contributed by atoms with E-state index in [4.69, 9.17) is 9.47 Å². The lowest BCUT2D eigenvalue weighted by atomic mass is 9.69. The molecular formula is C21H32N2O3. The summed E-state index contributed by atoms with van der Waals surface area (Å²) in [6.45, 7) is 1.64. The van der Waals surface area contributed by atoms with E-state index < -0.39 is 0 Å². The highest BCUT2D eigenvalue weighted by molar-refractivity contribution is 5.81. The molecule has 1 amide bonds. The molecule has 1 atom stereocenters. The minimum Gasteiger partial charge on any atom is -0.493 e. The molecule has 1 aromatic carbocycles. The molecule has 1 saturated carbocycles. The van der Waals surface area contributed by atoms with Crippen molar-refractivity contribution >= 4 is 5.91 Å². The van der Waals surface area contributed by atoms with Gasteiger partial charge in [0.15, 0.2) is 11.5 Å². The zero-order valence-corrected chi connectivity index (χ0v) is 16.1. The molecule has 0 spiro atoms. The second-order valence-electron chi connectivity index (χ2n) is 7.63. The number of amides is 1. The maximum Gasteiger partial charge on any atom is 0.237 e. The Morgan fingerprint density at radius 1 is 1.12 bits per heavy atom. The van der Waals surface area contributed by atoms with Crippen LogP contribution in [0.3, 0.4) is 0 Å². The molecule has 0 bridgehead atoms. The third-order valence-corrected chi connectivity index (χ3v) is 6.03. The van der Waals surface area contributed by atoms with Crippen LogP contribution < -0.4 is 20.1 Å². The van der Waals surface area contributed by atoms with Crippen LogP contribution in [0.4, 0.5) is 0 Å². The van der Waals surface area contributed by atoms with Crippen LogP contribution in [0.1, 0.15) is 56.9 Å². The van der Waals surface area contributed by atoms with Crippen molar-refractivity contribution in [2.75, 3.05) is 27.3 Å². The van der Waals surface area contributed by atoms with Gasteiger partial charge in [-0.05, 0) is 49.9 Å². The Morgan fingerprint density at radius 2 is 1.88 bits per heavy atom. The molecule has 0 aromatic heterocycles. The van der Waals surface area contributed by atoms with Gasteiger partial charge in [0.1, 0.15) is 0 Å². The van der Waals surface area contributed by atoms with Crippen molar-refractivity contribution in [1.29, 1.82) is 0 Å². The van der Waals surface area contributed by atoms with Gasteiger partial charge in [-0.1, -0.05) is 31.7 Å². The topological polar surface area (TPSA) is 59.6 Å². The van der Waals surface area contributed by atoms with Gasteiger partial charge in [-0.3, -0.25) is 4.79 Å². The number of carbonyl (C=O) groups excluding carboxylic acids is 1. The molecule has 3 rings (SSSR count). The molecule has 1 aromatic rings. The molecule has 0 radical (unpaired) electrons. The standard InChI is InChI=1S/C21H32N2O3/c1-25-18-10-9-16(14-19(18)26-2)21(11-5-3-6-12-21)15-23-20(24)17-8-4-7-13-22-17/h9-10,14,17,22H,3-8,11-13,15H2,1-2H3,(H,23,24). The van der Waals surface area contributed by atoms with E-state index in [-0.39, 0.29) is 17.4 Å². The van der Waals surface area contributed by atoms with E-state index in [9.17, 15) is 4.79 Å². The Morgan fingerprint density at radius 3 is 2.54 bits per heavy atom. The molecule has 2 fully saturated rings. The third-order valence-electron chi connectivity index (χ3n) is 6.03. The molecule has 1 aliphatic heterocycles. The zero-order valence-electron chi connectivity index (χ0n) is 16.1. The van der Waals surface area contributed by atoms with Crippen LogP contribution in [0.5, 0.6) is 11.5 Å². The first-order valence-electron chi connectivity index (χ1n) is 9.92. The summed E-state index contributed by atoms with van der Waals surface area (Å²) >= 11 is 0. The van der Waals surface area contributed by atoms with Gasteiger partial charge in [0.2, 0.25) is 5.91 Å². The average molecular weight is 360 g/mol. The lowest BCUT2D eigenvalue weighted by Crippen LogP contribution is -2.50. The lowest BCUT2D eigenvalue weighted by molar-refractivity contribution is -0.124. The highest BCUT2D eigenvalue weighted by Gasteiger charge is 2.35. The number of nitrogens with one attached hydrogen (secondary N) is 2. The van der Waals surface area contributed by atoms with Crippen LogP contribution in [-0.4, -0.2) is 39.3 Å². The molecule has 2 N–H and O–H groups in total. The van der Waals surface area contributed by atoms with Gasteiger partial charge >= 0.3 is 0 Å². The minimum atomic E-state index is -0.0326. The predicted octanol–water partition coefficient (Wildman–Crippen LogP) is 3.16. The number of ether oxygens (including phenoxy) is 2. The van der Waals surface area contributed by atoms with Crippen LogP contribution in [0.2, 0.25) is 0 Å². The molecule has 1 saturated heterocycles. The van der Waals surface area contributed by atoms with Crippen LogP contribution in [0, 0.1) is 0 Å². The van der Waals surface area contributed by atoms with Gasteiger partial charge in [-0.15, -0.1) is 0 Å². The van der Waals surface area contributed by atoms with E-state index in [1.54, 1.807) is 14.2 Å². The van der Waals surface area contributed by atoms with Crippen LogP contribution in [0.25, 0.3) is 0 Å². The summed E-state index contributed by atoms with van der Waals surface area (Å²) in [7, 11) is 3.33. The summed E-state index contributed by atoms with van der Waals surface area (Å²) in [5, 5.41) is 6.60.